The zero-order chi connectivity index (χ0) is 23.3. The Morgan fingerprint density at radius 1 is 1.00 bits per heavy atom. The second-order valence-electron chi connectivity index (χ2n) is 8.23. The van der Waals surface area contributed by atoms with Crippen molar-refractivity contribution < 1.29 is 14.3 Å². The van der Waals surface area contributed by atoms with E-state index in [9.17, 15) is 9.59 Å². The molecule has 0 fully saturated rings. The highest BCUT2D eigenvalue weighted by Crippen LogP contribution is 2.33. The molecule has 0 saturated heterocycles. The molecule has 5 nitrogen and oxygen atoms in total. The van der Waals surface area contributed by atoms with Crippen LogP contribution in [0.5, 0.6) is 5.75 Å². The number of rotatable bonds is 8. The normalized spacial score (nSPS) is 11.9. The maximum absolute atomic E-state index is 13.2. The van der Waals surface area contributed by atoms with Crippen LogP contribution in [0, 0.1) is 6.92 Å². The molecule has 3 rings (SSSR count). The number of benzene rings is 3. The van der Waals surface area contributed by atoms with E-state index in [0.29, 0.717) is 12.3 Å². The van der Waals surface area contributed by atoms with Crippen LogP contribution in [-0.2, 0) is 16.1 Å². The Balaban J connectivity index is 1.78. The van der Waals surface area contributed by atoms with Gasteiger partial charge in [0.15, 0.2) is 6.61 Å². The first-order valence-electron chi connectivity index (χ1n) is 10.7. The minimum absolute atomic E-state index is 0.00826. The van der Waals surface area contributed by atoms with Gasteiger partial charge in [-0.2, -0.15) is 0 Å². The lowest BCUT2D eigenvalue weighted by atomic mass is 10.1. The zero-order valence-corrected chi connectivity index (χ0v) is 20.5. The van der Waals surface area contributed by atoms with E-state index >= 15 is 0 Å². The van der Waals surface area contributed by atoms with Gasteiger partial charge in [0.05, 0.1) is 4.47 Å². The number of carbonyl (C=O) groups is 2. The SMILES string of the molecule is Cc1ccc(CN(C(=O)COc2ccc3ccccc3c2Br)[C@H](C)C(=O)NC(C)C)cc1. The van der Waals surface area contributed by atoms with Gasteiger partial charge in [0.1, 0.15) is 11.8 Å². The van der Waals surface area contributed by atoms with Gasteiger partial charge >= 0.3 is 0 Å². The summed E-state index contributed by atoms with van der Waals surface area (Å²) in [5, 5.41) is 4.99. The van der Waals surface area contributed by atoms with Crippen LogP contribution < -0.4 is 10.1 Å². The number of nitrogens with zero attached hydrogens (tertiary/aromatic N) is 1. The smallest absolute Gasteiger partial charge is 0.261 e. The molecule has 168 valence electrons. The zero-order valence-electron chi connectivity index (χ0n) is 18.9. The molecular weight excluding hydrogens is 468 g/mol. The number of hydrogen-bond donors (Lipinski definition) is 1. The number of carbonyl (C=O) groups excluding carboxylic acids is 2. The van der Waals surface area contributed by atoms with Gasteiger partial charge in [0, 0.05) is 12.6 Å². The highest BCUT2D eigenvalue weighted by molar-refractivity contribution is 9.10. The number of nitrogens with one attached hydrogen (secondary N) is 1. The standard InChI is InChI=1S/C26H29BrN2O3/c1-17(2)28-26(31)19(4)29(15-20-11-9-18(3)10-12-20)24(30)16-32-23-14-13-21-7-5-6-8-22(21)25(23)27/h5-14,17,19H,15-16H2,1-4H3,(H,28,31)/t19-/m1/s1. The molecule has 1 N–H and O–H groups in total. The van der Waals surface area contributed by atoms with Crippen molar-refractivity contribution in [3.05, 3.63) is 76.3 Å². The van der Waals surface area contributed by atoms with E-state index in [-0.39, 0.29) is 24.5 Å². The number of fused-ring (bicyclic) bond motifs is 1. The fourth-order valence-corrected chi connectivity index (χ4v) is 4.03. The Kier molecular flexibility index (Phi) is 7.91. The topological polar surface area (TPSA) is 58.6 Å². The minimum atomic E-state index is -0.630. The van der Waals surface area contributed by atoms with E-state index < -0.39 is 6.04 Å². The summed E-state index contributed by atoms with van der Waals surface area (Å²) >= 11 is 3.59. The first kappa shape index (κ1) is 23.8. The third-order valence-corrected chi connectivity index (χ3v) is 6.07. The van der Waals surface area contributed by atoms with Crippen molar-refractivity contribution >= 4 is 38.5 Å². The lowest BCUT2D eigenvalue weighted by Gasteiger charge is -2.29. The van der Waals surface area contributed by atoms with E-state index in [1.165, 1.54) is 0 Å². The van der Waals surface area contributed by atoms with Gasteiger partial charge in [-0.15, -0.1) is 0 Å². The molecule has 0 aliphatic heterocycles. The average molecular weight is 497 g/mol. The summed E-state index contributed by atoms with van der Waals surface area (Å²) in [7, 11) is 0. The second-order valence-corrected chi connectivity index (χ2v) is 9.03. The van der Waals surface area contributed by atoms with Crippen LogP contribution in [0.15, 0.2) is 65.1 Å². The largest absolute Gasteiger partial charge is 0.483 e. The summed E-state index contributed by atoms with van der Waals surface area (Å²) in [5.74, 6) is 0.149. The van der Waals surface area contributed by atoms with Crippen molar-refractivity contribution in [2.45, 2.75) is 46.3 Å². The maximum Gasteiger partial charge on any atom is 0.261 e. The van der Waals surface area contributed by atoms with Crippen LogP contribution in [0.4, 0.5) is 0 Å². The molecule has 0 heterocycles. The molecular formula is C26H29BrN2O3. The van der Waals surface area contributed by atoms with Gasteiger partial charge in [-0.25, -0.2) is 0 Å². The number of amides is 2. The lowest BCUT2D eigenvalue weighted by Crippen LogP contribution is -2.50. The molecule has 6 heteroatoms. The number of ether oxygens (including phenoxy) is 1. The van der Waals surface area contributed by atoms with Crippen molar-refractivity contribution in [3.8, 4) is 5.75 Å². The fraction of sp³-hybridized carbons (Fsp3) is 0.308. The maximum atomic E-state index is 13.2. The first-order valence-corrected chi connectivity index (χ1v) is 11.5. The Hall–Kier alpha value is -2.86. The molecule has 0 spiro atoms. The van der Waals surface area contributed by atoms with E-state index in [2.05, 4.69) is 21.2 Å². The predicted octanol–water partition coefficient (Wildman–Crippen LogP) is 5.23. The Labute approximate surface area is 197 Å². The van der Waals surface area contributed by atoms with Crippen molar-refractivity contribution in [2.24, 2.45) is 0 Å². The quantitative estimate of drug-likeness (QED) is 0.464. The first-order chi connectivity index (χ1) is 15.3. The molecule has 0 bridgehead atoms. The van der Waals surface area contributed by atoms with Gasteiger partial charge in [-0.1, -0.05) is 60.2 Å². The van der Waals surface area contributed by atoms with Gasteiger partial charge in [0.2, 0.25) is 5.91 Å². The molecule has 0 aliphatic rings. The number of aryl methyl sites for hydroxylation is 1. The molecule has 32 heavy (non-hydrogen) atoms. The summed E-state index contributed by atoms with van der Waals surface area (Å²) in [5.41, 5.74) is 2.10. The van der Waals surface area contributed by atoms with E-state index in [0.717, 1.165) is 26.4 Å². The van der Waals surface area contributed by atoms with Gasteiger partial charge in [-0.05, 0) is 66.0 Å². The van der Waals surface area contributed by atoms with Crippen LogP contribution in [0.1, 0.15) is 31.9 Å². The second kappa shape index (κ2) is 10.6. The average Bonchev–Trinajstić information content (AvgIpc) is 2.77. The molecule has 1 atom stereocenters. The van der Waals surface area contributed by atoms with Crippen LogP contribution >= 0.6 is 15.9 Å². The van der Waals surface area contributed by atoms with Crippen LogP contribution in [-0.4, -0.2) is 35.4 Å². The Morgan fingerprint density at radius 3 is 2.38 bits per heavy atom. The Bertz CT molecular complexity index is 1100. The number of halogens is 1. The molecule has 0 radical (unpaired) electrons. The molecule has 2 amide bonds. The van der Waals surface area contributed by atoms with Crippen molar-refractivity contribution in [1.82, 2.24) is 10.2 Å². The van der Waals surface area contributed by atoms with E-state index in [4.69, 9.17) is 4.74 Å². The van der Waals surface area contributed by atoms with Gasteiger partial charge in [0.25, 0.3) is 5.91 Å². The summed E-state index contributed by atoms with van der Waals surface area (Å²) in [6.45, 7) is 7.72. The lowest BCUT2D eigenvalue weighted by molar-refractivity contribution is -0.142. The highest BCUT2D eigenvalue weighted by Gasteiger charge is 2.27. The van der Waals surface area contributed by atoms with Gasteiger partial charge < -0.3 is 15.0 Å². The van der Waals surface area contributed by atoms with E-state index in [1.807, 2.05) is 81.4 Å². The molecule has 0 aromatic heterocycles. The third-order valence-electron chi connectivity index (χ3n) is 5.25. The number of hydrogen-bond acceptors (Lipinski definition) is 3. The molecule has 0 aliphatic carbocycles. The fourth-order valence-electron chi connectivity index (χ4n) is 3.43. The third kappa shape index (κ3) is 5.88. The monoisotopic (exact) mass is 496 g/mol. The van der Waals surface area contributed by atoms with Crippen molar-refractivity contribution in [3.63, 3.8) is 0 Å². The minimum Gasteiger partial charge on any atom is -0.483 e. The Morgan fingerprint density at radius 2 is 1.69 bits per heavy atom. The summed E-state index contributed by atoms with van der Waals surface area (Å²) in [6, 6.07) is 19.1. The highest BCUT2D eigenvalue weighted by atomic mass is 79.9. The van der Waals surface area contributed by atoms with Crippen LogP contribution in [0.3, 0.4) is 0 Å². The summed E-state index contributed by atoms with van der Waals surface area (Å²) < 4.78 is 6.69. The van der Waals surface area contributed by atoms with Gasteiger partial charge in [-0.3, -0.25) is 9.59 Å². The summed E-state index contributed by atoms with van der Waals surface area (Å²) in [4.78, 5) is 27.4. The molecule has 3 aromatic carbocycles. The molecule has 0 unspecified atom stereocenters. The van der Waals surface area contributed by atoms with Crippen LogP contribution in [0.25, 0.3) is 10.8 Å². The molecule has 3 aromatic rings. The predicted molar refractivity (Wildman–Crippen MR) is 132 cm³/mol. The van der Waals surface area contributed by atoms with Crippen molar-refractivity contribution in [2.75, 3.05) is 6.61 Å². The summed E-state index contributed by atoms with van der Waals surface area (Å²) in [6.07, 6.45) is 0. The van der Waals surface area contributed by atoms with E-state index in [1.54, 1.807) is 11.8 Å². The molecule has 0 saturated carbocycles. The van der Waals surface area contributed by atoms with Crippen LogP contribution in [0.2, 0.25) is 0 Å². The van der Waals surface area contributed by atoms with Crippen molar-refractivity contribution in [1.29, 1.82) is 0 Å².